The fourth-order valence-electron chi connectivity index (χ4n) is 1.70. The topological polar surface area (TPSA) is 68.0 Å². The van der Waals surface area contributed by atoms with Gasteiger partial charge in [-0.1, -0.05) is 24.0 Å². The van der Waals surface area contributed by atoms with Crippen LogP contribution in [0, 0.1) is 17.7 Å². The molecule has 0 bridgehead atoms. The van der Waals surface area contributed by atoms with E-state index in [9.17, 15) is 9.18 Å². The van der Waals surface area contributed by atoms with Crippen molar-refractivity contribution in [1.29, 1.82) is 0 Å². The highest BCUT2D eigenvalue weighted by Crippen LogP contribution is 2.05. The van der Waals surface area contributed by atoms with Gasteiger partial charge in [-0.25, -0.2) is 9.37 Å². The van der Waals surface area contributed by atoms with Crippen molar-refractivity contribution in [3.8, 4) is 11.8 Å². The lowest BCUT2D eigenvalue weighted by Gasteiger charge is -2.05. The van der Waals surface area contributed by atoms with Crippen LogP contribution in [0.15, 0.2) is 42.6 Å². The number of amides is 1. The van der Waals surface area contributed by atoms with Crippen LogP contribution in [0.5, 0.6) is 0 Å². The number of hydrogen-bond acceptors (Lipinski definition) is 3. The first-order valence-electron chi connectivity index (χ1n) is 6.36. The molecule has 2 rings (SSSR count). The Morgan fingerprint density at radius 3 is 2.90 bits per heavy atom. The summed E-state index contributed by atoms with van der Waals surface area (Å²) >= 11 is 0. The molecule has 106 valence electrons. The highest BCUT2D eigenvalue weighted by molar-refractivity contribution is 5.92. The Hall–Kier alpha value is -2.71. The van der Waals surface area contributed by atoms with Crippen LogP contribution < -0.4 is 11.1 Å². The van der Waals surface area contributed by atoms with Crippen LogP contribution in [0.4, 0.5) is 4.39 Å². The summed E-state index contributed by atoms with van der Waals surface area (Å²) in [5.74, 6) is 4.87. The van der Waals surface area contributed by atoms with E-state index in [1.807, 2.05) is 24.3 Å². The summed E-state index contributed by atoms with van der Waals surface area (Å²) in [5.41, 5.74) is 7.25. The first-order chi connectivity index (χ1) is 10.2. The average molecular weight is 283 g/mol. The molecule has 0 aliphatic heterocycles. The Kier molecular flexibility index (Phi) is 5.02. The van der Waals surface area contributed by atoms with Crippen LogP contribution in [0.1, 0.15) is 21.6 Å². The molecule has 4 nitrogen and oxygen atoms in total. The van der Waals surface area contributed by atoms with Crippen molar-refractivity contribution >= 4 is 5.91 Å². The lowest BCUT2D eigenvalue weighted by Crippen LogP contribution is -2.23. The molecule has 0 aliphatic carbocycles. The number of nitrogens with zero attached hydrogens (tertiary/aromatic N) is 1. The monoisotopic (exact) mass is 283 g/mol. The van der Waals surface area contributed by atoms with Crippen molar-refractivity contribution in [2.45, 2.75) is 6.54 Å². The summed E-state index contributed by atoms with van der Waals surface area (Å²) in [7, 11) is 0. The molecule has 5 heteroatoms. The number of carbonyl (C=O) groups excluding carboxylic acids is 1. The zero-order chi connectivity index (χ0) is 15.1. The maximum absolute atomic E-state index is 12.7. The van der Waals surface area contributed by atoms with Crippen LogP contribution >= 0.6 is 0 Å². The minimum atomic E-state index is -0.474. The number of pyridine rings is 1. The number of nitrogens with two attached hydrogens (primary N) is 1. The quantitative estimate of drug-likeness (QED) is 0.838. The lowest BCUT2D eigenvalue weighted by molar-refractivity contribution is 0.0946. The maximum Gasteiger partial charge on any atom is 0.270 e. The lowest BCUT2D eigenvalue weighted by atomic mass is 10.1. The van der Waals surface area contributed by atoms with Gasteiger partial charge in [0.2, 0.25) is 0 Å². The molecule has 0 unspecified atom stereocenters. The number of benzene rings is 1. The molecule has 0 saturated heterocycles. The first-order valence-corrected chi connectivity index (χ1v) is 6.36. The van der Waals surface area contributed by atoms with E-state index in [0.717, 1.165) is 17.3 Å². The number of carbonyl (C=O) groups is 1. The standard InChI is InChI=1S/C16H14FN3O/c17-14-6-7-15(19-11-14)16(21)20-10-13-4-1-3-12(9-13)5-2-8-18/h1,3-4,6-7,9,11H,8,10,18H2,(H,20,21). The van der Waals surface area contributed by atoms with Crippen molar-refractivity contribution in [1.82, 2.24) is 10.3 Å². The second kappa shape index (κ2) is 7.17. The zero-order valence-corrected chi connectivity index (χ0v) is 11.3. The molecule has 1 aromatic heterocycles. The molecule has 0 spiro atoms. The van der Waals surface area contributed by atoms with E-state index in [4.69, 9.17) is 5.73 Å². The predicted octanol–water partition coefficient (Wildman–Crippen LogP) is 1.46. The Bertz CT molecular complexity index is 687. The third kappa shape index (κ3) is 4.41. The second-order valence-corrected chi connectivity index (χ2v) is 4.25. The van der Waals surface area contributed by atoms with E-state index < -0.39 is 5.82 Å². The Morgan fingerprint density at radius 1 is 1.33 bits per heavy atom. The molecule has 0 radical (unpaired) electrons. The van der Waals surface area contributed by atoms with Gasteiger partial charge in [-0.2, -0.15) is 0 Å². The highest BCUT2D eigenvalue weighted by atomic mass is 19.1. The zero-order valence-electron chi connectivity index (χ0n) is 11.3. The molecule has 1 aromatic carbocycles. The summed E-state index contributed by atoms with van der Waals surface area (Å²) in [5, 5.41) is 2.72. The molecule has 0 saturated carbocycles. The number of halogens is 1. The van der Waals surface area contributed by atoms with E-state index >= 15 is 0 Å². The normalized spacial score (nSPS) is 9.62. The van der Waals surface area contributed by atoms with Crippen LogP contribution in [-0.4, -0.2) is 17.4 Å². The van der Waals surface area contributed by atoms with Gasteiger partial charge in [-0.15, -0.1) is 0 Å². The van der Waals surface area contributed by atoms with E-state index in [1.54, 1.807) is 0 Å². The van der Waals surface area contributed by atoms with Gasteiger partial charge in [-0.3, -0.25) is 4.79 Å². The number of aromatic nitrogens is 1. The summed E-state index contributed by atoms with van der Waals surface area (Å²) in [6.45, 7) is 0.646. The number of rotatable bonds is 3. The van der Waals surface area contributed by atoms with Crippen LogP contribution in [0.25, 0.3) is 0 Å². The van der Waals surface area contributed by atoms with E-state index in [2.05, 4.69) is 22.1 Å². The van der Waals surface area contributed by atoms with E-state index in [-0.39, 0.29) is 11.6 Å². The molecular formula is C16H14FN3O. The molecule has 21 heavy (non-hydrogen) atoms. The average Bonchev–Trinajstić information content (AvgIpc) is 2.52. The molecule has 3 N–H and O–H groups in total. The van der Waals surface area contributed by atoms with Gasteiger partial charge in [0.05, 0.1) is 12.7 Å². The summed E-state index contributed by atoms with van der Waals surface area (Å²) in [6, 6.07) is 10.0. The molecule has 0 fully saturated rings. The second-order valence-electron chi connectivity index (χ2n) is 4.25. The Morgan fingerprint density at radius 2 is 2.19 bits per heavy atom. The smallest absolute Gasteiger partial charge is 0.270 e. The SMILES string of the molecule is NCC#Cc1cccc(CNC(=O)c2ccc(F)cn2)c1. The fraction of sp³-hybridized carbons (Fsp3) is 0.125. The minimum Gasteiger partial charge on any atom is -0.347 e. The van der Waals surface area contributed by atoms with Crippen LogP contribution in [0.3, 0.4) is 0 Å². The van der Waals surface area contributed by atoms with Gasteiger partial charge in [0.25, 0.3) is 5.91 Å². The van der Waals surface area contributed by atoms with Gasteiger partial charge >= 0.3 is 0 Å². The van der Waals surface area contributed by atoms with Crippen molar-refractivity contribution in [2.75, 3.05) is 6.54 Å². The van der Waals surface area contributed by atoms with Crippen LogP contribution in [-0.2, 0) is 6.54 Å². The van der Waals surface area contributed by atoms with Gasteiger partial charge < -0.3 is 11.1 Å². The van der Waals surface area contributed by atoms with Crippen LogP contribution in [0.2, 0.25) is 0 Å². The summed E-state index contributed by atoms with van der Waals surface area (Å²) in [4.78, 5) is 15.6. The third-order valence-electron chi connectivity index (χ3n) is 2.67. The van der Waals surface area contributed by atoms with Crippen molar-refractivity contribution in [2.24, 2.45) is 5.73 Å². The minimum absolute atomic E-state index is 0.176. The number of hydrogen-bond donors (Lipinski definition) is 2. The van der Waals surface area contributed by atoms with Gasteiger partial charge in [0.15, 0.2) is 0 Å². The van der Waals surface area contributed by atoms with Crippen molar-refractivity contribution in [3.63, 3.8) is 0 Å². The summed E-state index contributed by atoms with van der Waals surface area (Å²) in [6.07, 6.45) is 1.01. The van der Waals surface area contributed by atoms with Crippen molar-refractivity contribution < 1.29 is 9.18 Å². The molecule has 1 amide bonds. The van der Waals surface area contributed by atoms with E-state index in [1.165, 1.54) is 12.1 Å². The molecule has 2 aromatic rings. The number of nitrogens with one attached hydrogen (secondary N) is 1. The van der Waals surface area contributed by atoms with E-state index in [0.29, 0.717) is 13.1 Å². The summed E-state index contributed by atoms with van der Waals surface area (Å²) < 4.78 is 12.7. The fourth-order valence-corrected chi connectivity index (χ4v) is 1.70. The molecule has 0 atom stereocenters. The molecule has 1 heterocycles. The van der Waals surface area contributed by atoms with Gasteiger partial charge in [0.1, 0.15) is 11.5 Å². The predicted molar refractivity (Wildman–Crippen MR) is 77.7 cm³/mol. The van der Waals surface area contributed by atoms with Gasteiger partial charge in [-0.05, 0) is 29.8 Å². The first kappa shape index (κ1) is 14.7. The Balaban J connectivity index is 1.99. The largest absolute Gasteiger partial charge is 0.347 e. The maximum atomic E-state index is 12.7. The van der Waals surface area contributed by atoms with Crippen molar-refractivity contribution in [3.05, 3.63) is 65.2 Å². The molecule has 0 aliphatic rings. The molecular weight excluding hydrogens is 269 g/mol. The highest BCUT2D eigenvalue weighted by Gasteiger charge is 2.06. The Labute approximate surface area is 122 Å². The third-order valence-corrected chi connectivity index (χ3v) is 2.67. The van der Waals surface area contributed by atoms with Gasteiger partial charge in [0, 0.05) is 12.1 Å².